The number of H-pyrrole nitrogens is 1. The quantitative estimate of drug-likeness (QED) is 0.683. The molecule has 0 saturated carbocycles. The van der Waals surface area contributed by atoms with Crippen molar-refractivity contribution in [3.63, 3.8) is 0 Å². The number of aromatic nitrogens is 2. The second-order valence-corrected chi connectivity index (χ2v) is 4.31. The zero-order valence-electron chi connectivity index (χ0n) is 10.00. The predicted octanol–water partition coefficient (Wildman–Crippen LogP) is 1.89. The molecule has 1 heterocycles. The first kappa shape index (κ1) is 10.7. The van der Waals surface area contributed by atoms with E-state index in [1.54, 1.807) is 18.2 Å². The minimum Gasteiger partial charge on any atom is -0.326 e. The molecule has 1 aliphatic rings. The number of nitrogens with zero attached hydrogens (tertiary/aromatic N) is 1. The average molecular weight is 241 g/mol. The number of benzene rings is 1. The van der Waals surface area contributed by atoms with Gasteiger partial charge in [-0.3, -0.25) is 14.7 Å². The molecule has 3 rings (SSSR count). The molecular weight excluding hydrogens is 230 g/mol. The van der Waals surface area contributed by atoms with Crippen molar-refractivity contribution in [2.24, 2.45) is 0 Å². The highest BCUT2D eigenvalue weighted by Gasteiger charge is 2.33. The van der Waals surface area contributed by atoms with Gasteiger partial charge in [-0.2, -0.15) is 5.10 Å². The first-order valence-corrected chi connectivity index (χ1v) is 5.60. The van der Waals surface area contributed by atoms with Gasteiger partial charge in [0.25, 0.3) is 0 Å². The number of fused-ring (bicyclic) bond motifs is 3. The van der Waals surface area contributed by atoms with Crippen LogP contribution in [0.1, 0.15) is 28.5 Å². The van der Waals surface area contributed by atoms with Crippen LogP contribution in [0.15, 0.2) is 18.2 Å². The highest BCUT2D eigenvalue weighted by atomic mass is 16.1. The van der Waals surface area contributed by atoms with E-state index in [1.807, 2.05) is 6.92 Å². The highest BCUT2D eigenvalue weighted by molar-refractivity contribution is 6.23. The molecule has 0 aliphatic heterocycles. The standard InChI is InChI=1S/C13H11N3O2/c1-6-10-12(16-15-6)11-8(13(10)18)4-3-5-9(11)14-7(2)17/h3-5H,1-2H3,(H,14,17)(H,15,16). The number of nitrogens with one attached hydrogen (secondary N) is 2. The molecule has 90 valence electrons. The molecule has 0 saturated heterocycles. The number of aromatic amines is 1. The van der Waals surface area contributed by atoms with Gasteiger partial charge in [-0.25, -0.2) is 0 Å². The van der Waals surface area contributed by atoms with E-state index < -0.39 is 0 Å². The Labute approximate surface area is 103 Å². The van der Waals surface area contributed by atoms with E-state index in [4.69, 9.17) is 0 Å². The summed E-state index contributed by atoms with van der Waals surface area (Å²) in [6, 6.07) is 5.28. The van der Waals surface area contributed by atoms with E-state index in [9.17, 15) is 9.59 Å². The maximum atomic E-state index is 12.2. The number of rotatable bonds is 1. The summed E-state index contributed by atoms with van der Waals surface area (Å²) in [5.74, 6) is -0.213. The van der Waals surface area contributed by atoms with Crippen LogP contribution in [0, 0.1) is 6.92 Å². The average Bonchev–Trinajstić information content (AvgIpc) is 2.81. The van der Waals surface area contributed by atoms with Gasteiger partial charge in [-0.05, 0) is 13.0 Å². The lowest BCUT2D eigenvalue weighted by molar-refractivity contribution is -0.114. The molecule has 18 heavy (non-hydrogen) atoms. The lowest BCUT2D eigenvalue weighted by atomic mass is 10.1. The molecule has 0 unspecified atom stereocenters. The van der Waals surface area contributed by atoms with Crippen LogP contribution in [-0.4, -0.2) is 21.9 Å². The number of hydrogen-bond donors (Lipinski definition) is 2. The molecule has 0 radical (unpaired) electrons. The second-order valence-electron chi connectivity index (χ2n) is 4.31. The van der Waals surface area contributed by atoms with Gasteiger partial charge >= 0.3 is 0 Å². The van der Waals surface area contributed by atoms with E-state index in [-0.39, 0.29) is 11.7 Å². The van der Waals surface area contributed by atoms with Gasteiger partial charge in [0.15, 0.2) is 5.78 Å². The summed E-state index contributed by atoms with van der Waals surface area (Å²) in [6.07, 6.45) is 0. The van der Waals surface area contributed by atoms with E-state index in [1.165, 1.54) is 6.92 Å². The summed E-state index contributed by atoms with van der Waals surface area (Å²) in [7, 11) is 0. The van der Waals surface area contributed by atoms with Crippen LogP contribution in [-0.2, 0) is 4.79 Å². The van der Waals surface area contributed by atoms with Crippen LogP contribution in [0.2, 0.25) is 0 Å². The van der Waals surface area contributed by atoms with Crippen LogP contribution in [0.3, 0.4) is 0 Å². The van der Waals surface area contributed by atoms with Crippen molar-refractivity contribution >= 4 is 17.4 Å². The van der Waals surface area contributed by atoms with Crippen molar-refractivity contribution in [2.45, 2.75) is 13.8 Å². The molecule has 5 nitrogen and oxygen atoms in total. The number of hydrogen-bond acceptors (Lipinski definition) is 3. The molecule has 1 amide bonds. The topological polar surface area (TPSA) is 74.8 Å². The lowest BCUT2D eigenvalue weighted by Gasteiger charge is -2.07. The molecule has 1 aromatic carbocycles. The Hall–Kier alpha value is -2.43. The van der Waals surface area contributed by atoms with Crippen molar-refractivity contribution in [3.8, 4) is 11.3 Å². The fraction of sp³-hybridized carbons (Fsp3) is 0.154. The zero-order chi connectivity index (χ0) is 12.9. The summed E-state index contributed by atoms with van der Waals surface area (Å²) in [5.41, 5.74) is 3.89. The Kier molecular flexibility index (Phi) is 2.10. The first-order chi connectivity index (χ1) is 8.59. The molecule has 0 spiro atoms. The lowest BCUT2D eigenvalue weighted by Crippen LogP contribution is -2.07. The van der Waals surface area contributed by atoms with Gasteiger partial charge in [-0.1, -0.05) is 12.1 Å². The van der Waals surface area contributed by atoms with Gasteiger partial charge in [0.2, 0.25) is 5.91 Å². The van der Waals surface area contributed by atoms with Gasteiger partial charge < -0.3 is 5.32 Å². The summed E-state index contributed by atoms with van der Waals surface area (Å²) in [5, 5.41) is 9.70. The normalized spacial score (nSPS) is 12.2. The number of anilines is 1. The number of carbonyl (C=O) groups excluding carboxylic acids is 2. The van der Waals surface area contributed by atoms with Crippen molar-refractivity contribution in [3.05, 3.63) is 35.0 Å². The number of aryl methyl sites for hydroxylation is 1. The highest BCUT2D eigenvalue weighted by Crippen LogP contribution is 2.41. The molecule has 0 fully saturated rings. The van der Waals surface area contributed by atoms with Gasteiger partial charge in [0.05, 0.1) is 11.3 Å². The summed E-state index contributed by atoms with van der Waals surface area (Å²) < 4.78 is 0. The summed E-state index contributed by atoms with van der Waals surface area (Å²) in [4.78, 5) is 23.4. The van der Waals surface area contributed by atoms with Crippen LogP contribution < -0.4 is 5.32 Å². The monoisotopic (exact) mass is 241 g/mol. The van der Waals surface area contributed by atoms with E-state index in [2.05, 4.69) is 15.5 Å². The van der Waals surface area contributed by atoms with E-state index in [0.29, 0.717) is 28.1 Å². The summed E-state index contributed by atoms with van der Waals surface area (Å²) >= 11 is 0. The maximum absolute atomic E-state index is 12.2. The molecule has 2 N–H and O–H groups in total. The van der Waals surface area contributed by atoms with Gasteiger partial charge in [0, 0.05) is 23.7 Å². The second kappa shape index (κ2) is 3.53. The molecule has 1 aromatic heterocycles. The fourth-order valence-corrected chi connectivity index (χ4v) is 2.31. The number of carbonyl (C=O) groups is 2. The Morgan fingerprint density at radius 1 is 1.33 bits per heavy atom. The van der Waals surface area contributed by atoms with Gasteiger partial charge in [-0.15, -0.1) is 0 Å². The Balaban J connectivity index is 2.28. The molecule has 0 bridgehead atoms. The molecular formula is C13H11N3O2. The Morgan fingerprint density at radius 3 is 2.83 bits per heavy atom. The molecule has 0 atom stereocenters. The SMILES string of the molecule is CC(=O)Nc1cccc2c1-c1n[nH]c(C)c1C2=O. The van der Waals surface area contributed by atoms with Crippen LogP contribution in [0.25, 0.3) is 11.3 Å². The first-order valence-electron chi connectivity index (χ1n) is 5.60. The number of amides is 1. The van der Waals surface area contributed by atoms with Crippen LogP contribution in [0.4, 0.5) is 5.69 Å². The van der Waals surface area contributed by atoms with Crippen molar-refractivity contribution < 1.29 is 9.59 Å². The third-order valence-electron chi connectivity index (χ3n) is 3.03. The summed E-state index contributed by atoms with van der Waals surface area (Å²) in [6.45, 7) is 3.25. The van der Waals surface area contributed by atoms with Crippen molar-refractivity contribution in [1.82, 2.24) is 10.2 Å². The Bertz CT molecular complexity index is 686. The Morgan fingerprint density at radius 2 is 2.11 bits per heavy atom. The molecule has 2 aromatic rings. The fourth-order valence-electron chi connectivity index (χ4n) is 2.31. The third-order valence-corrected chi connectivity index (χ3v) is 3.03. The van der Waals surface area contributed by atoms with Gasteiger partial charge in [0.1, 0.15) is 5.69 Å². The number of ketones is 1. The third kappa shape index (κ3) is 1.30. The van der Waals surface area contributed by atoms with Crippen molar-refractivity contribution in [1.29, 1.82) is 0 Å². The van der Waals surface area contributed by atoms with Crippen molar-refractivity contribution in [2.75, 3.05) is 5.32 Å². The maximum Gasteiger partial charge on any atom is 0.221 e. The molecule has 5 heteroatoms. The predicted molar refractivity (Wildman–Crippen MR) is 66.5 cm³/mol. The van der Waals surface area contributed by atoms with Crippen LogP contribution >= 0.6 is 0 Å². The smallest absolute Gasteiger partial charge is 0.221 e. The van der Waals surface area contributed by atoms with Crippen LogP contribution in [0.5, 0.6) is 0 Å². The minimum absolute atomic E-state index is 0.0431. The zero-order valence-corrected chi connectivity index (χ0v) is 10.00. The van der Waals surface area contributed by atoms with E-state index in [0.717, 1.165) is 5.69 Å². The largest absolute Gasteiger partial charge is 0.326 e. The minimum atomic E-state index is -0.170. The van der Waals surface area contributed by atoms with E-state index >= 15 is 0 Å². The molecule has 1 aliphatic carbocycles.